The van der Waals surface area contributed by atoms with E-state index in [9.17, 15) is 0 Å². The maximum absolute atomic E-state index is 8.97. The van der Waals surface area contributed by atoms with Crippen molar-refractivity contribution in [3.63, 3.8) is 0 Å². The van der Waals surface area contributed by atoms with Gasteiger partial charge in [-0.2, -0.15) is 5.26 Å². The Morgan fingerprint density at radius 1 is 1.40 bits per heavy atom. The van der Waals surface area contributed by atoms with E-state index in [0.29, 0.717) is 0 Å². The van der Waals surface area contributed by atoms with Gasteiger partial charge in [-0.15, -0.1) is 0 Å². The third-order valence-electron chi connectivity index (χ3n) is 3.31. The molecule has 2 rings (SSSR count). The zero-order valence-corrected chi connectivity index (χ0v) is 9.30. The molecular weight excluding hydrogens is 184 g/mol. The largest absolute Gasteiger partial charge is 0.383 e. The van der Waals surface area contributed by atoms with Gasteiger partial charge in [0, 0.05) is 12.2 Å². The van der Waals surface area contributed by atoms with Crippen LogP contribution in [-0.4, -0.2) is 6.54 Å². The Labute approximate surface area is 90.9 Å². The molecule has 0 bridgehead atoms. The van der Waals surface area contributed by atoms with E-state index >= 15 is 0 Å². The summed E-state index contributed by atoms with van der Waals surface area (Å²) < 4.78 is 0. The number of benzene rings is 1. The van der Waals surface area contributed by atoms with Crippen molar-refractivity contribution in [2.24, 2.45) is 5.41 Å². The molecule has 1 saturated carbocycles. The van der Waals surface area contributed by atoms with Gasteiger partial charge in [-0.05, 0) is 43.9 Å². The van der Waals surface area contributed by atoms with Crippen LogP contribution in [0.25, 0.3) is 0 Å². The summed E-state index contributed by atoms with van der Waals surface area (Å²) in [6.45, 7) is 5.01. The van der Waals surface area contributed by atoms with Crippen LogP contribution in [0.5, 0.6) is 0 Å². The highest BCUT2D eigenvalue weighted by atomic mass is 14.9. The lowest BCUT2D eigenvalue weighted by Gasteiger charge is -2.13. The highest BCUT2D eigenvalue weighted by molar-refractivity contribution is 5.54. The number of aryl methyl sites for hydroxylation is 1. The standard InChI is InChI=1S/C13H16N2/c1-10-4-3-5-12(11(10)2)15-9-13(8-14)6-7-13/h3-5,15H,6-7,9H2,1-2H3. The van der Waals surface area contributed by atoms with Crippen LogP contribution in [0.1, 0.15) is 24.0 Å². The van der Waals surface area contributed by atoms with Gasteiger partial charge in [0.2, 0.25) is 0 Å². The van der Waals surface area contributed by atoms with E-state index in [1.54, 1.807) is 0 Å². The molecule has 1 aliphatic rings. The maximum atomic E-state index is 8.97. The Morgan fingerprint density at radius 3 is 2.73 bits per heavy atom. The van der Waals surface area contributed by atoms with Gasteiger partial charge in [0.1, 0.15) is 0 Å². The van der Waals surface area contributed by atoms with Crippen LogP contribution in [0.3, 0.4) is 0 Å². The first-order valence-electron chi connectivity index (χ1n) is 5.38. The van der Waals surface area contributed by atoms with E-state index in [2.05, 4.69) is 43.4 Å². The lowest BCUT2D eigenvalue weighted by Crippen LogP contribution is -2.14. The number of nitrogens with zero attached hydrogens (tertiary/aromatic N) is 1. The van der Waals surface area contributed by atoms with Gasteiger partial charge in [-0.25, -0.2) is 0 Å². The number of rotatable bonds is 3. The third kappa shape index (κ3) is 1.97. The molecule has 15 heavy (non-hydrogen) atoms. The Morgan fingerprint density at radius 2 is 2.13 bits per heavy atom. The topological polar surface area (TPSA) is 35.8 Å². The predicted octanol–water partition coefficient (Wildman–Crippen LogP) is 3.02. The van der Waals surface area contributed by atoms with Crippen LogP contribution < -0.4 is 5.32 Å². The van der Waals surface area contributed by atoms with Gasteiger partial charge in [0.15, 0.2) is 0 Å². The highest BCUT2D eigenvalue weighted by Crippen LogP contribution is 2.44. The lowest BCUT2D eigenvalue weighted by molar-refractivity contribution is 0.711. The summed E-state index contributed by atoms with van der Waals surface area (Å²) in [5.74, 6) is 0. The highest BCUT2D eigenvalue weighted by Gasteiger charge is 2.42. The normalized spacial score (nSPS) is 16.9. The van der Waals surface area contributed by atoms with Gasteiger partial charge in [0.25, 0.3) is 0 Å². The van der Waals surface area contributed by atoms with E-state index in [1.807, 2.05) is 0 Å². The molecule has 0 unspecified atom stereocenters. The van der Waals surface area contributed by atoms with Gasteiger partial charge in [0.05, 0.1) is 11.5 Å². The monoisotopic (exact) mass is 200 g/mol. The molecule has 0 atom stereocenters. The molecule has 0 aliphatic heterocycles. The Kier molecular flexibility index (Phi) is 2.40. The molecule has 2 heteroatoms. The molecule has 0 heterocycles. The molecule has 0 aromatic heterocycles. The van der Waals surface area contributed by atoms with Gasteiger partial charge in [-0.3, -0.25) is 0 Å². The second-order valence-electron chi connectivity index (χ2n) is 4.49. The lowest BCUT2D eigenvalue weighted by atomic mass is 10.1. The van der Waals surface area contributed by atoms with Crippen molar-refractivity contribution in [1.82, 2.24) is 0 Å². The Bertz CT molecular complexity index is 411. The number of anilines is 1. The number of hydrogen-bond acceptors (Lipinski definition) is 2. The fourth-order valence-corrected chi connectivity index (χ4v) is 1.69. The molecular formula is C13H16N2. The van der Waals surface area contributed by atoms with Crippen LogP contribution in [0, 0.1) is 30.6 Å². The minimum absolute atomic E-state index is 0.0732. The van der Waals surface area contributed by atoms with Crippen molar-refractivity contribution in [3.05, 3.63) is 29.3 Å². The van der Waals surface area contributed by atoms with Crippen molar-refractivity contribution >= 4 is 5.69 Å². The van der Waals surface area contributed by atoms with Crippen molar-refractivity contribution in [2.45, 2.75) is 26.7 Å². The minimum Gasteiger partial charge on any atom is -0.383 e. The fourth-order valence-electron chi connectivity index (χ4n) is 1.69. The van der Waals surface area contributed by atoms with Gasteiger partial charge < -0.3 is 5.32 Å². The Balaban J connectivity index is 2.06. The van der Waals surface area contributed by atoms with E-state index in [0.717, 1.165) is 25.1 Å². The molecule has 1 aromatic rings. The molecule has 1 fully saturated rings. The zero-order chi connectivity index (χ0) is 10.9. The molecule has 1 aliphatic carbocycles. The molecule has 1 aromatic carbocycles. The van der Waals surface area contributed by atoms with E-state index < -0.39 is 0 Å². The summed E-state index contributed by atoms with van der Waals surface area (Å²) in [6, 6.07) is 8.63. The van der Waals surface area contributed by atoms with Crippen molar-refractivity contribution in [3.8, 4) is 6.07 Å². The average molecular weight is 200 g/mol. The second kappa shape index (κ2) is 3.58. The van der Waals surface area contributed by atoms with E-state index in [-0.39, 0.29) is 5.41 Å². The van der Waals surface area contributed by atoms with Gasteiger partial charge >= 0.3 is 0 Å². The first-order chi connectivity index (χ1) is 7.17. The summed E-state index contributed by atoms with van der Waals surface area (Å²) >= 11 is 0. The average Bonchev–Trinajstić information content (AvgIpc) is 3.01. The van der Waals surface area contributed by atoms with Crippen LogP contribution in [-0.2, 0) is 0 Å². The number of nitrogens with one attached hydrogen (secondary N) is 1. The first kappa shape index (κ1) is 10.0. The van der Waals surface area contributed by atoms with Crippen LogP contribution in [0.4, 0.5) is 5.69 Å². The number of hydrogen-bond donors (Lipinski definition) is 1. The second-order valence-corrected chi connectivity index (χ2v) is 4.49. The minimum atomic E-state index is -0.0732. The molecule has 0 amide bonds. The quantitative estimate of drug-likeness (QED) is 0.814. The molecule has 78 valence electrons. The van der Waals surface area contributed by atoms with Crippen molar-refractivity contribution in [2.75, 3.05) is 11.9 Å². The summed E-state index contributed by atoms with van der Waals surface area (Å²) in [6.07, 6.45) is 2.09. The van der Waals surface area contributed by atoms with Crippen LogP contribution >= 0.6 is 0 Å². The molecule has 1 N–H and O–H groups in total. The predicted molar refractivity (Wildman–Crippen MR) is 61.7 cm³/mol. The molecule has 2 nitrogen and oxygen atoms in total. The first-order valence-corrected chi connectivity index (χ1v) is 5.38. The van der Waals surface area contributed by atoms with E-state index in [1.165, 1.54) is 11.1 Å². The summed E-state index contributed by atoms with van der Waals surface area (Å²) in [5, 5.41) is 12.4. The fraction of sp³-hybridized carbons (Fsp3) is 0.462. The maximum Gasteiger partial charge on any atom is 0.0747 e. The summed E-state index contributed by atoms with van der Waals surface area (Å²) in [7, 11) is 0. The van der Waals surface area contributed by atoms with Gasteiger partial charge in [-0.1, -0.05) is 12.1 Å². The van der Waals surface area contributed by atoms with E-state index in [4.69, 9.17) is 5.26 Å². The molecule has 0 radical (unpaired) electrons. The van der Waals surface area contributed by atoms with Crippen molar-refractivity contribution in [1.29, 1.82) is 5.26 Å². The number of nitriles is 1. The third-order valence-corrected chi connectivity index (χ3v) is 3.31. The Hall–Kier alpha value is -1.49. The summed E-state index contributed by atoms with van der Waals surface area (Å²) in [5.41, 5.74) is 3.67. The summed E-state index contributed by atoms with van der Waals surface area (Å²) in [4.78, 5) is 0. The van der Waals surface area contributed by atoms with Crippen LogP contribution in [0.15, 0.2) is 18.2 Å². The van der Waals surface area contributed by atoms with Crippen molar-refractivity contribution < 1.29 is 0 Å². The van der Waals surface area contributed by atoms with Crippen LogP contribution in [0.2, 0.25) is 0 Å². The molecule has 0 saturated heterocycles. The molecule has 0 spiro atoms. The SMILES string of the molecule is Cc1cccc(NCC2(C#N)CC2)c1C. The zero-order valence-electron chi connectivity index (χ0n) is 9.30. The smallest absolute Gasteiger partial charge is 0.0747 e.